The van der Waals surface area contributed by atoms with Gasteiger partial charge < -0.3 is 5.32 Å². The van der Waals surface area contributed by atoms with Gasteiger partial charge in [0.15, 0.2) is 0 Å². The molecule has 0 saturated carbocycles. The van der Waals surface area contributed by atoms with Crippen molar-refractivity contribution >= 4 is 48.9 Å². The van der Waals surface area contributed by atoms with Gasteiger partial charge in [-0.05, 0) is 50.6 Å². The van der Waals surface area contributed by atoms with Crippen molar-refractivity contribution in [2.75, 3.05) is 16.2 Å². The maximum atomic E-state index is 13.5. The summed E-state index contributed by atoms with van der Waals surface area (Å²) < 4.78 is 29.9. The van der Waals surface area contributed by atoms with Gasteiger partial charge in [-0.15, -0.1) is 11.3 Å². The Morgan fingerprint density at radius 2 is 1.76 bits per heavy atom. The molecule has 2 heterocycles. The van der Waals surface area contributed by atoms with Crippen LogP contribution < -0.4 is 15.2 Å². The van der Waals surface area contributed by atoms with Crippen LogP contribution in [-0.2, 0) is 16.6 Å². The van der Waals surface area contributed by atoms with Crippen LogP contribution in [0.25, 0.3) is 10.2 Å². The summed E-state index contributed by atoms with van der Waals surface area (Å²) in [5, 5.41) is 3.15. The first-order chi connectivity index (χ1) is 16.3. The lowest BCUT2D eigenvalue weighted by molar-refractivity contribution is 0.103. The monoisotopic (exact) mass is 496 g/mol. The van der Waals surface area contributed by atoms with Crippen molar-refractivity contribution in [3.8, 4) is 0 Å². The number of aryl methyl sites for hydroxylation is 2. The van der Waals surface area contributed by atoms with Gasteiger partial charge in [-0.25, -0.2) is 13.4 Å². The molecule has 0 saturated heterocycles. The van der Waals surface area contributed by atoms with E-state index in [4.69, 9.17) is 0 Å². The Hall–Kier alpha value is -3.50. The van der Waals surface area contributed by atoms with E-state index in [1.54, 1.807) is 56.3 Å². The Kier molecular flexibility index (Phi) is 6.54. The summed E-state index contributed by atoms with van der Waals surface area (Å²) in [6.07, 6.45) is 1.47. The minimum atomic E-state index is -3.96. The molecule has 34 heavy (non-hydrogen) atoms. The number of nitrogens with zero attached hydrogens (tertiary/aromatic N) is 3. The molecule has 0 aliphatic heterocycles. The Morgan fingerprint density at radius 1 is 1.09 bits per heavy atom. The predicted octanol–water partition coefficient (Wildman–Crippen LogP) is 4.25. The molecule has 2 aromatic heterocycles. The highest BCUT2D eigenvalue weighted by Crippen LogP contribution is 2.31. The van der Waals surface area contributed by atoms with E-state index in [2.05, 4.69) is 10.3 Å². The Balaban J connectivity index is 1.73. The third-order valence-corrected chi connectivity index (χ3v) is 8.66. The van der Waals surface area contributed by atoms with Crippen molar-refractivity contribution in [2.45, 2.75) is 32.2 Å². The summed E-state index contributed by atoms with van der Waals surface area (Å²) in [5.74, 6) is -0.492. The van der Waals surface area contributed by atoms with Crippen LogP contribution in [-0.4, -0.2) is 30.4 Å². The van der Waals surface area contributed by atoms with Gasteiger partial charge in [0, 0.05) is 13.1 Å². The van der Waals surface area contributed by atoms with Gasteiger partial charge in [-0.2, -0.15) is 0 Å². The minimum Gasteiger partial charge on any atom is -0.320 e. The highest BCUT2D eigenvalue weighted by molar-refractivity contribution is 7.93. The molecule has 176 valence electrons. The zero-order valence-corrected chi connectivity index (χ0v) is 20.6. The van der Waals surface area contributed by atoms with E-state index in [0.29, 0.717) is 32.9 Å². The molecular weight excluding hydrogens is 472 g/mol. The molecule has 1 N–H and O–H groups in total. The topological polar surface area (TPSA) is 101 Å². The van der Waals surface area contributed by atoms with E-state index >= 15 is 0 Å². The Morgan fingerprint density at radius 3 is 2.44 bits per heavy atom. The molecule has 0 aliphatic rings. The first-order valence-electron chi connectivity index (χ1n) is 10.8. The first kappa shape index (κ1) is 23.7. The number of hydrogen-bond donors (Lipinski definition) is 1. The quantitative estimate of drug-likeness (QED) is 0.412. The summed E-state index contributed by atoms with van der Waals surface area (Å²) in [6, 6.07) is 15.1. The average molecular weight is 497 g/mol. The van der Waals surface area contributed by atoms with Gasteiger partial charge >= 0.3 is 0 Å². The summed E-state index contributed by atoms with van der Waals surface area (Å²) >= 11 is 1.11. The number of nitrogens with one attached hydrogen (secondary N) is 1. The third-order valence-electron chi connectivity index (χ3n) is 5.50. The molecule has 0 radical (unpaired) electrons. The number of aromatic nitrogens is 2. The van der Waals surface area contributed by atoms with E-state index in [1.807, 2.05) is 13.0 Å². The van der Waals surface area contributed by atoms with Gasteiger partial charge in [-0.3, -0.25) is 18.5 Å². The molecule has 0 bridgehead atoms. The highest BCUT2D eigenvalue weighted by Gasteiger charge is 2.28. The molecule has 2 aromatic carbocycles. The predicted molar refractivity (Wildman–Crippen MR) is 135 cm³/mol. The van der Waals surface area contributed by atoms with Gasteiger partial charge in [0.1, 0.15) is 9.73 Å². The van der Waals surface area contributed by atoms with E-state index in [1.165, 1.54) is 21.3 Å². The van der Waals surface area contributed by atoms with Crippen molar-refractivity contribution in [3.63, 3.8) is 0 Å². The van der Waals surface area contributed by atoms with Gasteiger partial charge in [-0.1, -0.05) is 30.3 Å². The number of benzene rings is 2. The number of anilines is 2. The second-order valence-corrected chi connectivity index (χ2v) is 10.4. The zero-order valence-electron chi connectivity index (χ0n) is 19.0. The smallest absolute Gasteiger partial charge is 0.266 e. The molecule has 4 rings (SSSR count). The van der Waals surface area contributed by atoms with Crippen LogP contribution in [0.4, 0.5) is 11.4 Å². The van der Waals surface area contributed by atoms with Crippen LogP contribution in [0.1, 0.15) is 29.1 Å². The van der Waals surface area contributed by atoms with Crippen LogP contribution in [0.2, 0.25) is 0 Å². The van der Waals surface area contributed by atoms with Crippen LogP contribution in [0.3, 0.4) is 0 Å². The van der Waals surface area contributed by atoms with E-state index in [9.17, 15) is 18.0 Å². The fourth-order valence-electron chi connectivity index (χ4n) is 3.78. The van der Waals surface area contributed by atoms with Crippen molar-refractivity contribution in [1.29, 1.82) is 0 Å². The maximum absolute atomic E-state index is 13.5. The number of fused-ring (bicyclic) bond motifs is 1. The SMILES string of the molecule is CCN(c1ccccc1)S(=O)(=O)c1ccccc1NC(=O)c1sc2ncn(CC)c(=O)c2c1C. The molecule has 0 spiro atoms. The van der Waals surface area contributed by atoms with Gasteiger partial charge in [0.2, 0.25) is 0 Å². The number of thiophene rings is 1. The molecule has 0 atom stereocenters. The molecule has 4 aromatic rings. The molecule has 1 amide bonds. The minimum absolute atomic E-state index is 0.0146. The molecular formula is C24H24N4O4S2. The van der Waals surface area contributed by atoms with Crippen molar-refractivity contribution in [2.24, 2.45) is 0 Å². The van der Waals surface area contributed by atoms with Crippen molar-refractivity contribution in [1.82, 2.24) is 9.55 Å². The maximum Gasteiger partial charge on any atom is 0.266 e. The largest absolute Gasteiger partial charge is 0.320 e. The number of sulfonamides is 1. The van der Waals surface area contributed by atoms with Gasteiger partial charge in [0.05, 0.1) is 28.0 Å². The van der Waals surface area contributed by atoms with E-state index in [-0.39, 0.29) is 22.7 Å². The summed E-state index contributed by atoms with van der Waals surface area (Å²) in [5.41, 5.74) is 1.02. The molecule has 8 nitrogen and oxygen atoms in total. The van der Waals surface area contributed by atoms with Crippen LogP contribution in [0, 0.1) is 6.92 Å². The second kappa shape index (κ2) is 9.40. The number of amides is 1. The first-order valence-corrected chi connectivity index (χ1v) is 13.0. The highest BCUT2D eigenvalue weighted by atomic mass is 32.2. The van der Waals surface area contributed by atoms with Gasteiger partial charge in [0.25, 0.3) is 21.5 Å². The van der Waals surface area contributed by atoms with E-state index < -0.39 is 15.9 Å². The lowest BCUT2D eigenvalue weighted by Gasteiger charge is -2.24. The number of rotatable bonds is 7. The lowest BCUT2D eigenvalue weighted by Crippen LogP contribution is -2.31. The number of carbonyl (C=O) groups is 1. The normalized spacial score (nSPS) is 11.5. The number of hydrogen-bond acceptors (Lipinski definition) is 6. The van der Waals surface area contributed by atoms with E-state index in [0.717, 1.165) is 11.3 Å². The summed E-state index contributed by atoms with van der Waals surface area (Å²) in [6.45, 7) is 5.99. The lowest BCUT2D eigenvalue weighted by atomic mass is 10.2. The second-order valence-electron chi connectivity index (χ2n) is 7.53. The molecule has 0 aliphatic carbocycles. The Bertz CT molecular complexity index is 1530. The Labute approximate surface area is 201 Å². The van der Waals surface area contributed by atoms with Crippen molar-refractivity contribution in [3.05, 3.63) is 81.7 Å². The summed E-state index contributed by atoms with van der Waals surface area (Å²) in [4.78, 5) is 31.0. The summed E-state index contributed by atoms with van der Waals surface area (Å²) in [7, 11) is -3.96. The molecule has 0 fully saturated rings. The number of carbonyl (C=O) groups excluding carboxylic acids is 1. The fourth-order valence-corrected chi connectivity index (χ4v) is 6.44. The third kappa shape index (κ3) is 4.10. The molecule has 0 unspecified atom stereocenters. The fraction of sp³-hybridized carbons (Fsp3) is 0.208. The standard InChI is InChI=1S/C24H24N4O4S2/c1-4-27-15-25-23-20(24(27)30)16(3)21(33-23)22(29)26-18-13-9-10-14-19(18)34(31,32)28(5-2)17-11-7-6-8-12-17/h6-15H,4-5H2,1-3H3,(H,26,29). The average Bonchev–Trinajstić information content (AvgIpc) is 3.18. The van der Waals surface area contributed by atoms with Crippen LogP contribution in [0.15, 0.2) is 70.6 Å². The van der Waals surface area contributed by atoms with Crippen LogP contribution >= 0.6 is 11.3 Å². The number of para-hydroxylation sites is 2. The zero-order chi connectivity index (χ0) is 24.5. The van der Waals surface area contributed by atoms with Crippen molar-refractivity contribution < 1.29 is 13.2 Å². The molecule has 10 heteroatoms. The van der Waals surface area contributed by atoms with Crippen LogP contribution in [0.5, 0.6) is 0 Å².